The van der Waals surface area contributed by atoms with E-state index >= 15 is 0 Å². The van der Waals surface area contributed by atoms with Crippen molar-refractivity contribution in [3.05, 3.63) is 45.4 Å². The van der Waals surface area contributed by atoms with Gasteiger partial charge in [0.2, 0.25) is 0 Å². The van der Waals surface area contributed by atoms with Gasteiger partial charge in [0.15, 0.2) is 0 Å². The summed E-state index contributed by atoms with van der Waals surface area (Å²) in [4.78, 5) is 0. The van der Waals surface area contributed by atoms with E-state index in [4.69, 9.17) is 22.1 Å². The first-order chi connectivity index (χ1) is 10.0. The maximum absolute atomic E-state index is 6.17. The zero-order valence-electron chi connectivity index (χ0n) is 12.0. The number of hydrogen-bond acceptors (Lipinski definition) is 3. The molecule has 0 atom stereocenters. The van der Waals surface area contributed by atoms with Gasteiger partial charge in [-0.25, -0.2) is 0 Å². The SMILES string of the molecule is CCCOc1cccc(Nc2cc(Cl)c(C)cc2Br)c1N. The first kappa shape index (κ1) is 16.0. The third-order valence-corrected chi connectivity index (χ3v) is 4.11. The molecule has 3 N–H and O–H groups in total. The third kappa shape index (κ3) is 3.83. The minimum Gasteiger partial charge on any atom is -0.491 e. The van der Waals surface area contributed by atoms with Gasteiger partial charge < -0.3 is 15.8 Å². The summed E-state index contributed by atoms with van der Waals surface area (Å²) < 4.78 is 6.57. The highest BCUT2D eigenvalue weighted by Gasteiger charge is 2.09. The number of benzene rings is 2. The number of ether oxygens (including phenoxy) is 1. The van der Waals surface area contributed by atoms with Crippen molar-refractivity contribution in [2.75, 3.05) is 17.7 Å². The molecule has 2 aromatic carbocycles. The van der Waals surface area contributed by atoms with Gasteiger partial charge in [0.05, 0.1) is 23.7 Å². The molecule has 21 heavy (non-hydrogen) atoms. The highest BCUT2D eigenvalue weighted by molar-refractivity contribution is 9.10. The molecular formula is C16H18BrClN2O. The molecule has 5 heteroatoms. The van der Waals surface area contributed by atoms with E-state index in [9.17, 15) is 0 Å². The molecule has 112 valence electrons. The molecule has 0 fully saturated rings. The molecule has 0 unspecified atom stereocenters. The Labute approximate surface area is 138 Å². The number of hydrogen-bond donors (Lipinski definition) is 2. The highest BCUT2D eigenvalue weighted by Crippen LogP contribution is 2.36. The van der Waals surface area contributed by atoms with E-state index < -0.39 is 0 Å². The van der Waals surface area contributed by atoms with E-state index in [-0.39, 0.29) is 0 Å². The van der Waals surface area contributed by atoms with Gasteiger partial charge >= 0.3 is 0 Å². The fourth-order valence-corrected chi connectivity index (χ4v) is 2.60. The van der Waals surface area contributed by atoms with Gasteiger partial charge in [0.25, 0.3) is 0 Å². The molecule has 0 spiro atoms. The summed E-state index contributed by atoms with van der Waals surface area (Å²) in [6.07, 6.45) is 0.941. The lowest BCUT2D eigenvalue weighted by Crippen LogP contribution is -2.02. The predicted molar refractivity (Wildman–Crippen MR) is 93.8 cm³/mol. The standard InChI is InChI=1S/C16H18BrClN2O/c1-3-7-21-15-6-4-5-13(16(15)19)20-14-9-12(18)10(2)8-11(14)17/h4-6,8-9,20H,3,7,19H2,1-2H3. The number of halogens is 2. The van der Waals surface area contributed by atoms with Crippen LogP contribution >= 0.6 is 27.5 Å². The summed E-state index contributed by atoms with van der Waals surface area (Å²) in [5, 5.41) is 4.00. The summed E-state index contributed by atoms with van der Waals surface area (Å²) in [7, 11) is 0. The van der Waals surface area contributed by atoms with Crippen LogP contribution in [0.5, 0.6) is 5.75 Å². The van der Waals surface area contributed by atoms with E-state index in [1.54, 1.807) is 0 Å². The fraction of sp³-hybridized carbons (Fsp3) is 0.250. The predicted octanol–water partition coefficient (Wildman–Crippen LogP) is 5.53. The van der Waals surface area contributed by atoms with Crippen molar-refractivity contribution in [1.29, 1.82) is 0 Å². The second-order valence-corrected chi connectivity index (χ2v) is 6.03. The summed E-state index contributed by atoms with van der Waals surface area (Å²) in [6, 6.07) is 9.54. The maximum atomic E-state index is 6.17. The molecule has 0 aromatic heterocycles. The Morgan fingerprint density at radius 3 is 2.76 bits per heavy atom. The Bertz CT molecular complexity index is 646. The van der Waals surface area contributed by atoms with Gasteiger partial charge in [-0.1, -0.05) is 24.6 Å². The Hall–Kier alpha value is -1.39. The summed E-state index contributed by atoms with van der Waals surface area (Å²) in [6.45, 7) is 4.67. The lowest BCUT2D eigenvalue weighted by Gasteiger charge is -2.15. The topological polar surface area (TPSA) is 47.3 Å². The third-order valence-electron chi connectivity index (χ3n) is 3.05. The van der Waals surface area contributed by atoms with Gasteiger partial charge in [-0.2, -0.15) is 0 Å². The number of nitrogens with two attached hydrogens (primary N) is 1. The molecule has 3 nitrogen and oxygen atoms in total. The molecule has 0 aliphatic heterocycles. The Morgan fingerprint density at radius 1 is 1.29 bits per heavy atom. The molecule has 2 aromatic rings. The molecule has 0 aliphatic rings. The zero-order chi connectivity index (χ0) is 15.4. The number of nitrogens with one attached hydrogen (secondary N) is 1. The number of anilines is 3. The molecule has 0 saturated heterocycles. The van der Waals surface area contributed by atoms with Crippen LogP contribution in [0.1, 0.15) is 18.9 Å². The van der Waals surface area contributed by atoms with Crippen LogP contribution in [0.15, 0.2) is 34.8 Å². The van der Waals surface area contributed by atoms with E-state index in [1.807, 2.05) is 37.3 Å². The van der Waals surface area contributed by atoms with Crippen LogP contribution in [-0.4, -0.2) is 6.61 Å². The number of aryl methyl sites for hydroxylation is 1. The smallest absolute Gasteiger partial charge is 0.144 e. The number of para-hydroxylation sites is 1. The molecule has 0 aliphatic carbocycles. The zero-order valence-corrected chi connectivity index (χ0v) is 14.4. The van der Waals surface area contributed by atoms with E-state index in [0.717, 1.165) is 27.8 Å². The van der Waals surface area contributed by atoms with E-state index in [2.05, 4.69) is 28.2 Å². The van der Waals surface area contributed by atoms with Gasteiger partial charge in [0.1, 0.15) is 5.75 Å². The summed E-state index contributed by atoms with van der Waals surface area (Å²) in [5.74, 6) is 0.691. The van der Waals surface area contributed by atoms with Crippen molar-refractivity contribution in [3.8, 4) is 5.75 Å². The minimum absolute atomic E-state index is 0.592. The van der Waals surface area contributed by atoms with Crippen molar-refractivity contribution >= 4 is 44.6 Å². The molecule has 0 saturated carbocycles. The first-order valence-electron chi connectivity index (χ1n) is 6.77. The summed E-state index contributed by atoms with van der Waals surface area (Å²) >= 11 is 9.71. The van der Waals surface area contributed by atoms with Crippen LogP contribution < -0.4 is 15.8 Å². The number of rotatable bonds is 5. The van der Waals surface area contributed by atoms with Crippen LogP contribution in [0, 0.1) is 6.92 Å². The largest absolute Gasteiger partial charge is 0.491 e. The normalized spacial score (nSPS) is 10.5. The highest BCUT2D eigenvalue weighted by atomic mass is 79.9. The quantitative estimate of drug-likeness (QED) is 0.682. The van der Waals surface area contributed by atoms with E-state index in [0.29, 0.717) is 23.1 Å². The molecular weight excluding hydrogens is 352 g/mol. The van der Waals surface area contributed by atoms with Gasteiger partial charge in [-0.3, -0.25) is 0 Å². The van der Waals surface area contributed by atoms with Gasteiger partial charge in [-0.15, -0.1) is 0 Å². The first-order valence-corrected chi connectivity index (χ1v) is 7.94. The van der Waals surface area contributed by atoms with Crippen molar-refractivity contribution in [1.82, 2.24) is 0 Å². The summed E-state index contributed by atoms with van der Waals surface area (Å²) in [5.41, 5.74) is 9.42. The Kier molecular flexibility index (Phi) is 5.37. The van der Waals surface area contributed by atoms with Crippen LogP contribution in [0.4, 0.5) is 17.1 Å². The second kappa shape index (κ2) is 7.05. The fourth-order valence-electron chi connectivity index (χ4n) is 1.88. The molecule has 2 rings (SSSR count). The average molecular weight is 370 g/mol. The van der Waals surface area contributed by atoms with Crippen LogP contribution in [0.25, 0.3) is 0 Å². The second-order valence-electron chi connectivity index (χ2n) is 4.77. The Morgan fingerprint density at radius 2 is 2.05 bits per heavy atom. The monoisotopic (exact) mass is 368 g/mol. The molecule has 0 amide bonds. The molecule has 0 heterocycles. The van der Waals surface area contributed by atoms with E-state index in [1.165, 1.54) is 0 Å². The van der Waals surface area contributed by atoms with Crippen LogP contribution in [0.2, 0.25) is 5.02 Å². The van der Waals surface area contributed by atoms with Crippen molar-refractivity contribution in [2.24, 2.45) is 0 Å². The van der Waals surface area contributed by atoms with Crippen molar-refractivity contribution < 1.29 is 4.74 Å². The Balaban J connectivity index is 2.29. The van der Waals surface area contributed by atoms with Gasteiger partial charge in [0, 0.05) is 9.50 Å². The van der Waals surface area contributed by atoms with Gasteiger partial charge in [-0.05, 0) is 59.1 Å². The minimum atomic E-state index is 0.592. The van der Waals surface area contributed by atoms with Crippen LogP contribution in [-0.2, 0) is 0 Å². The van der Waals surface area contributed by atoms with Crippen molar-refractivity contribution in [3.63, 3.8) is 0 Å². The lowest BCUT2D eigenvalue weighted by atomic mass is 10.2. The lowest BCUT2D eigenvalue weighted by molar-refractivity contribution is 0.319. The molecule has 0 bridgehead atoms. The average Bonchev–Trinajstić information content (AvgIpc) is 2.45. The number of nitrogen functional groups attached to an aromatic ring is 1. The van der Waals surface area contributed by atoms with Crippen molar-refractivity contribution in [2.45, 2.75) is 20.3 Å². The molecule has 0 radical (unpaired) electrons. The van der Waals surface area contributed by atoms with Crippen LogP contribution in [0.3, 0.4) is 0 Å². The maximum Gasteiger partial charge on any atom is 0.144 e.